The van der Waals surface area contributed by atoms with Gasteiger partial charge >= 0.3 is 6.03 Å². The molecule has 5 nitrogen and oxygen atoms in total. The molecule has 0 saturated carbocycles. The van der Waals surface area contributed by atoms with E-state index in [-0.39, 0.29) is 12.8 Å². The van der Waals surface area contributed by atoms with Crippen LogP contribution in [0.1, 0.15) is 30.5 Å². The fraction of sp³-hybridized carbons (Fsp3) is 0.381. The van der Waals surface area contributed by atoms with Crippen LogP contribution in [0.4, 0.5) is 16.2 Å². The van der Waals surface area contributed by atoms with Crippen molar-refractivity contribution in [1.82, 2.24) is 5.32 Å². The number of rotatable bonds is 7. The summed E-state index contributed by atoms with van der Waals surface area (Å²) in [4.78, 5) is 14.4. The van der Waals surface area contributed by atoms with Gasteiger partial charge in [-0.2, -0.15) is 0 Å². The summed E-state index contributed by atoms with van der Waals surface area (Å²) in [5.74, 6) is 0.782. The van der Waals surface area contributed by atoms with Crippen molar-refractivity contribution in [1.29, 1.82) is 0 Å². The lowest BCUT2D eigenvalue weighted by molar-refractivity contribution is 0.234. The minimum absolute atomic E-state index is 0.118. The van der Waals surface area contributed by atoms with Crippen LogP contribution in [-0.4, -0.2) is 25.9 Å². The third-order valence-corrected chi connectivity index (χ3v) is 4.60. The molecule has 140 valence electrons. The molecule has 0 spiro atoms. The van der Waals surface area contributed by atoms with Gasteiger partial charge in [0.05, 0.1) is 0 Å². The molecule has 0 aliphatic carbocycles. The van der Waals surface area contributed by atoms with E-state index in [1.807, 2.05) is 51.1 Å². The maximum Gasteiger partial charge on any atom is 0.321 e. The van der Waals surface area contributed by atoms with E-state index in [9.17, 15) is 4.79 Å². The van der Waals surface area contributed by atoms with Gasteiger partial charge in [0.25, 0.3) is 0 Å². The number of anilines is 2. The number of nitrogens with one attached hydrogen (secondary N) is 2. The zero-order chi connectivity index (χ0) is 19.1. The lowest BCUT2D eigenvalue weighted by atomic mass is 10.1. The SMILES string of the molecule is CCN(CC)c1ccc(NC(=O)NCOc2cccc(C)c2C)c(C)c1. The number of carbonyl (C=O) groups excluding carboxylic acids is 1. The summed E-state index contributed by atoms with van der Waals surface area (Å²) in [6, 6.07) is 11.7. The average molecular weight is 355 g/mol. The lowest BCUT2D eigenvalue weighted by Gasteiger charge is -2.22. The number of hydrogen-bond donors (Lipinski definition) is 2. The molecule has 0 aliphatic rings. The number of aryl methyl sites for hydroxylation is 2. The predicted octanol–water partition coefficient (Wildman–Crippen LogP) is 4.62. The smallest absolute Gasteiger partial charge is 0.321 e. The van der Waals surface area contributed by atoms with Gasteiger partial charge in [0.15, 0.2) is 6.73 Å². The molecule has 0 heterocycles. The van der Waals surface area contributed by atoms with Crippen LogP contribution >= 0.6 is 0 Å². The molecule has 0 saturated heterocycles. The number of urea groups is 1. The van der Waals surface area contributed by atoms with Crippen molar-refractivity contribution in [3.8, 4) is 5.75 Å². The van der Waals surface area contributed by atoms with Crippen molar-refractivity contribution < 1.29 is 9.53 Å². The lowest BCUT2D eigenvalue weighted by Crippen LogP contribution is -2.32. The Kier molecular flexibility index (Phi) is 6.89. The first-order valence-corrected chi connectivity index (χ1v) is 9.05. The molecule has 2 N–H and O–H groups in total. The molecule has 0 fully saturated rings. The third kappa shape index (κ3) is 4.91. The van der Waals surface area contributed by atoms with Gasteiger partial charge in [-0.15, -0.1) is 0 Å². The van der Waals surface area contributed by atoms with E-state index in [0.29, 0.717) is 0 Å². The molecule has 26 heavy (non-hydrogen) atoms. The van der Waals surface area contributed by atoms with E-state index < -0.39 is 0 Å². The summed E-state index contributed by atoms with van der Waals surface area (Å²) in [6.45, 7) is 12.3. The van der Waals surface area contributed by atoms with Crippen molar-refractivity contribution in [2.24, 2.45) is 0 Å². The third-order valence-electron chi connectivity index (χ3n) is 4.60. The molecule has 0 unspecified atom stereocenters. The summed E-state index contributed by atoms with van der Waals surface area (Å²) >= 11 is 0. The Morgan fingerprint density at radius 1 is 1.04 bits per heavy atom. The molecule has 5 heteroatoms. The second kappa shape index (κ2) is 9.13. The van der Waals surface area contributed by atoms with Gasteiger partial charge in [-0.3, -0.25) is 0 Å². The highest BCUT2D eigenvalue weighted by Crippen LogP contribution is 2.23. The standard InChI is InChI=1S/C21H29N3O2/c1-6-24(7-2)18-11-12-19(16(4)13-18)23-21(25)22-14-26-20-10-8-9-15(3)17(20)5/h8-13H,6-7,14H2,1-5H3,(H2,22,23,25). The van der Waals surface area contributed by atoms with Crippen molar-refractivity contribution in [3.05, 3.63) is 53.1 Å². The van der Waals surface area contributed by atoms with E-state index in [1.54, 1.807) is 0 Å². The van der Waals surface area contributed by atoms with Crippen molar-refractivity contribution in [2.75, 3.05) is 30.0 Å². The Balaban J connectivity index is 1.90. The van der Waals surface area contributed by atoms with E-state index >= 15 is 0 Å². The van der Waals surface area contributed by atoms with Gasteiger partial charge in [-0.25, -0.2) is 4.79 Å². The van der Waals surface area contributed by atoms with Gasteiger partial charge in [-0.05, 0) is 75.6 Å². The normalized spacial score (nSPS) is 10.3. The Morgan fingerprint density at radius 2 is 1.77 bits per heavy atom. The first-order valence-electron chi connectivity index (χ1n) is 9.05. The van der Waals surface area contributed by atoms with E-state index in [2.05, 4.69) is 35.4 Å². The van der Waals surface area contributed by atoms with E-state index in [0.717, 1.165) is 46.9 Å². The van der Waals surface area contributed by atoms with Crippen molar-refractivity contribution >= 4 is 17.4 Å². The first kappa shape index (κ1) is 19.6. The van der Waals surface area contributed by atoms with Crippen LogP contribution in [0.2, 0.25) is 0 Å². The predicted molar refractivity (Wildman–Crippen MR) is 108 cm³/mol. The molecular formula is C21H29N3O2. The Hall–Kier alpha value is -2.69. The molecule has 0 aromatic heterocycles. The fourth-order valence-corrected chi connectivity index (χ4v) is 2.80. The summed E-state index contributed by atoms with van der Waals surface area (Å²) in [6.07, 6.45) is 0. The molecule has 2 amide bonds. The molecule has 0 bridgehead atoms. The molecule has 0 aliphatic heterocycles. The Bertz CT molecular complexity index is 755. The first-order chi connectivity index (χ1) is 12.5. The number of carbonyl (C=O) groups is 1. The molecule has 2 rings (SSSR count). The van der Waals surface area contributed by atoms with Gasteiger partial charge in [0, 0.05) is 24.5 Å². The molecule has 2 aromatic carbocycles. The van der Waals surface area contributed by atoms with Crippen molar-refractivity contribution in [2.45, 2.75) is 34.6 Å². The van der Waals surface area contributed by atoms with Gasteiger partial charge < -0.3 is 20.3 Å². The van der Waals surface area contributed by atoms with Crippen LogP contribution in [0.25, 0.3) is 0 Å². The van der Waals surface area contributed by atoms with Crippen LogP contribution < -0.4 is 20.3 Å². The van der Waals surface area contributed by atoms with E-state index in [4.69, 9.17) is 4.74 Å². The summed E-state index contributed by atoms with van der Waals surface area (Å²) < 4.78 is 5.66. The number of hydrogen-bond acceptors (Lipinski definition) is 3. The monoisotopic (exact) mass is 355 g/mol. The molecule has 2 aromatic rings. The number of benzene rings is 2. The fourth-order valence-electron chi connectivity index (χ4n) is 2.80. The highest BCUT2D eigenvalue weighted by Gasteiger charge is 2.08. The van der Waals surface area contributed by atoms with Gasteiger partial charge in [0.1, 0.15) is 5.75 Å². The molecule has 0 radical (unpaired) electrons. The second-order valence-corrected chi connectivity index (χ2v) is 6.29. The summed E-state index contributed by atoms with van der Waals surface area (Å²) in [5, 5.41) is 5.61. The van der Waals surface area contributed by atoms with E-state index in [1.165, 1.54) is 0 Å². The maximum atomic E-state index is 12.1. The van der Waals surface area contributed by atoms with Gasteiger partial charge in [0.2, 0.25) is 0 Å². The van der Waals surface area contributed by atoms with Crippen LogP contribution in [0.15, 0.2) is 36.4 Å². The van der Waals surface area contributed by atoms with Crippen molar-refractivity contribution in [3.63, 3.8) is 0 Å². The Morgan fingerprint density at radius 3 is 2.42 bits per heavy atom. The zero-order valence-corrected chi connectivity index (χ0v) is 16.3. The topological polar surface area (TPSA) is 53.6 Å². The zero-order valence-electron chi connectivity index (χ0n) is 16.3. The van der Waals surface area contributed by atoms with Crippen LogP contribution in [-0.2, 0) is 0 Å². The van der Waals surface area contributed by atoms with Crippen LogP contribution in [0.3, 0.4) is 0 Å². The minimum Gasteiger partial charge on any atom is -0.473 e. The highest BCUT2D eigenvalue weighted by molar-refractivity contribution is 5.90. The molecular weight excluding hydrogens is 326 g/mol. The second-order valence-electron chi connectivity index (χ2n) is 6.29. The minimum atomic E-state index is -0.283. The highest BCUT2D eigenvalue weighted by atomic mass is 16.5. The average Bonchev–Trinajstić information content (AvgIpc) is 2.62. The summed E-state index contributed by atoms with van der Waals surface area (Å²) in [7, 11) is 0. The molecule has 0 atom stereocenters. The number of nitrogens with zero attached hydrogens (tertiary/aromatic N) is 1. The van der Waals surface area contributed by atoms with Crippen LogP contribution in [0, 0.1) is 20.8 Å². The Labute approximate surface area is 156 Å². The van der Waals surface area contributed by atoms with Crippen LogP contribution in [0.5, 0.6) is 5.75 Å². The maximum absolute atomic E-state index is 12.1. The summed E-state index contributed by atoms with van der Waals surface area (Å²) in [5.41, 5.74) is 5.23. The number of amides is 2. The van der Waals surface area contributed by atoms with Gasteiger partial charge in [-0.1, -0.05) is 12.1 Å². The largest absolute Gasteiger partial charge is 0.473 e. The number of ether oxygens (including phenoxy) is 1. The quantitative estimate of drug-likeness (QED) is 0.713.